The third-order valence-electron chi connectivity index (χ3n) is 13.5. The predicted octanol–water partition coefficient (Wildman–Crippen LogP) is -4.19. The molecule has 3 amide bonds. The molecule has 3 aromatic rings. The molecule has 0 spiro atoms. The first-order valence-corrected chi connectivity index (χ1v) is 24.9. The van der Waals surface area contributed by atoms with E-state index in [1.54, 1.807) is 78.9 Å². The minimum absolute atomic E-state index is 0.0540. The van der Waals surface area contributed by atoms with Crippen LogP contribution in [0, 0.1) is 0 Å². The number of rotatable bonds is 21. The van der Waals surface area contributed by atoms with Crippen LogP contribution in [0.1, 0.15) is 34.3 Å². The van der Waals surface area contributed by atoms with Crippen LogP contribution in [-0.4, -0.2) is 214 Å². The van der Waals surface area contributed by atoms with Gasteiger partial charge >= 0.3 is 18.2 Å². The van der Waals surface area contributed by atoms with Gasteiger partial charge in [-0.2, -0.15) is 0 Å². The number of ether oxygens (including phenoxy) is 9. The molecule has 0 radical (unpaired) electrons. The SMILES string of the molecule is N[C@H]1[C@@H](O[C@H]2[C@@H](O)[C@H](O[C@@H]3[C@@H](O)[C@H](NC(=O)[C@H](CCNC(=O)OCc4ccccc4)OC(=O)c4ccccc4)C[C@H](N)[C@H]3O[C@H]3O[C@H](CO)[C@@H](O)[C@H](O)[C@H]3N)O[C@@H]2CO)O[C@@H](CNC(=O)OCc2ccccc2)[C@@H](O)[C@@H]1O. The molecular formula is C50H68N6O21. The van der Waals surface area contributed by atoms with E-state index in [4.69, 9.17) is 59.8 Å². The zero-order valence-corrected chi connectivity index (χ0v) is 41.5. The van der Waals surface area contributed by atoms with E-state index >= 15 is 0 Å². The number of aliphatic hydroxyl groups excluding tert-OH is 8. The van der Waals surface area contributed by atoms with Crippen molar-refractivity contribution in [3.05, 3.63) is 108 Å². The first-order chi connectivity index (χ1) is 37.0. The lowest BCUT2D eigenvalue weighted by Crippen LogP contribution is -2.69. The number of carbonyl (C=O) groups is 4. The number of nitrogens with two attached hydrogens (primary N) is 3. The van der Waals surface area contributed by atoms with E-state index in [2.05, 4.69) is 16.0 Å². The van der Waals surface area contributed by atoms with Gasteiger partial charge in [0.25, 0.3) is 5.91 Å². The Labute approximate surface area is 441 Å². The molecule has 4 fully saturated rings. The van der Waals surface area contributed by atoms with Gasteiger partial charge in [0, 0.05) is 25.6 Å². The highest BCUT2D eigenvalue weighted by molar-refractivity contribution is 5.92. The van der Waals surface area contributed by atoms with Crippen molar-refractivity contribution in [2.75, 3.05) is 26.3 Å². The Balaban J connectivity index is 1.06. The second-order valence-electron chi connectivity index (χ2n) is 18.9. The molecule has 1 aliphatic carbocycles. The lowest BCUT2D eigenvalue weighted by atomic mass is 9.83. The minimum Gasteiger partial charge on any atom is -0.449 e. The van der Waals surface area contributed by atoms with E-state index < -0.39 is 166 Å². The number of amides is 3. The summed E-state index contributed by atoms with van der Waals surface area (Å²) in [5.74, 6) is -1.85. The average molecular weight is 1090 g/mol. The Kier molecular flexibility index (Phi) is 21.4. The summed E-state index contributed by atoms with van der Waals surface area (Å²) in [6.07, 6.45) is -28.5. The van der Waals surface area contributed by atoms with Gasteiger partial charge < -0.3 is 117 Å². The fraction of sp³-hybridized carbons (Fsp3) is 0.560. The van der Waals surface area contributed by atoms with Crippen molar-refractivity contribution in [1.29, 1.82) is 0 Å². The number of hydrogen-bond acceptors (Lipinski definition) is 24. The topological polar surface area (TPSA) is 427 Å². The zero-order valence-electron chi connectivity index (χ0n) is 41.5. The molecule has 3 aromatic carbocycles. The number of carbonyl (C=O) groups excluding carboxylic acids is 4. The molecule has 20 atom stereocenters. The summed E-state index contributed by atoms with van der Waals surface area (Å²) in [4.78, 5) is 52.7. The van der Waals surface area contributed by atoms with Gasteiger partial charge in [-0.1, -0.05) is 78.9 Å². The van der Waals surface area contributed by atoms with Crippen molar-refractivity contribution in [2.24, 2.45) is 17.2 Å². The summed E-state index contributed by atoms with van der Waals surface area (Å²) in [7, 11) is 0. The highest BCUT2D eigenvalue weighted by atomic mass is 16.8. The summed E-state index contributed by atoms with van der Waals surface area (Å²) in [5.41, 5.74) is 20.7. The maximum absolute atomic E-state index is 14.2. The predicted molar refractivity (Wildman–Crippen MR) is 261 cm³/mol. The summed E-state index contributed by atoms with van der Waals surface area (Å²) >= 11 is 0. The summed E-state index contributed by atoms with van der Waals surface area (Å²) in [6.45, 7) is -2.39. The fourth-order valence-electron chi connectivity index (χ4n) is 9.11. The normalized spacial score (nSPS) is 34.5. The molecule has 3 aliphatic heterocycles. The molecule has 17 N–H and O–H groups in total. The standard InChI is InChI=1S/C50H68N6O21/c51-27-18-28(56-44(65)29(71-45(66)26-14-8-3-9-15-26)16-17-54-49(67)69-22-24-10-4-1-5-11-24)35(59)43(41(27)75-47-34(53)39(63)37(61)31(20-57)73-47)77-48-40(64)42(32(21-58)74-48)76-46-33(52)38(62)36(60)30(72-46)19-55-50(68)70-23-25-12-6-2-7-13-25/h1-15,27-43,46-48,57-64H,16-23,51-53H2,(H,54,67)(H,55,68)(H,56,65)/t27-,28+,29-,30-,31+,32+,33+,34+,35-,36+,37+,38+,39+,40+,41+,42+,43+,46+,47+,48-/m0/s1. The molecule has 3 saturated heterocycles. The molecule has 77 heavy (non-hydrogen) atoms. The van der Waals surface area contributed by atoms with Crippen LogP contribution in [0.4, 0.5) is 9.59 Å². The average Bonchev–Trinajstić information content (AvgIpc) is 3.75. The van der Waals surface area contributed by atoms with Gasteiger partial charge in [0.1, 0.15) is 86.5 Å². The molecule has 27 heteroatoms. The van der Waals surface area contributed by atoms with Crippen LogP contribution in [0.5, 0.6) is 0 Å². The molecule has 0 aromatic heterocycles. The smallest absolute Gasteiger partial charge is 0.407 e. The van der Waals surface area contributed by atoms with Crippen LogP contribution in [-0.2, 0) is 60.6 Å². The molecule has 4 aliphatic rings. The number of nitrogens with one attached hydrogen (secondary N) is 3. The number of alkyl carbamates (subject to hydrolysis) is 2. The molecule has 0 bridgehead atoms. The summed E-state index contributed by atoms with van der Waals surface area (Å²) in [6, 6.07) is 19.8. The van der Waals surface area contributed by atoms with Gasteiger partial charge in [0.15, 0.2) is 25.0 Å². The quantitative estimate of drug-likeness (QED) is 0.0355. The van der Waals surface area contributed by atoms with Gasteiger partial charge in [-0.25, -0.2) is 14.4 Å². The third-order valence-corrected chi connectivity index (χ3v) is 13.5. The largest absolute Gasteiger partial charge is 0.449 e. The Bertz CT molecular complexity index is 2340. The van der Waals surface area contributed by atoms with Gasteiger partial charge in [-0.05, 0) is 29.7 Å². The first kappa shape index (κ1) is 59.1. The highest BCUT2D eigenvalue weighted by Crippen LogP contribution is 2.35. The number of benzene rings is 3. The minimum atomic E-state index is -1.90. The Morgan fingerprint density at radius 1 is 0.571 bits per heavy atom. The van der Waals surface area contributed by atoms with Crippen molar-refractivity contribution >= 4 is 24.1 Å². The monoisotopic (exact) mass is 1090 g/mol. The van der Waals surface area contributed by atoms with Crippen LogP contribution < -0.4 is 33.2 Å². The van der Waals surface area contributed by atoms with Crippen molar-refractivity contribution in [1.82, 2.24) is 16.0 Å². The lowest BCUT2D eigenvalue weighted by Gasteiger charge is -2.48. The number of hydrogen-bond donors (Lipinski definition) is 14. The second-order valence-corrected chi connectivity index (χ2v) is 18.9. The van der Waals surface area contributed by atoms with Crippen LogP contribution in [0.3, 0.4) is 0 Å². The number of aliphatic hydroxyl groups is 8. The van der Waals surface area contributed by atoms with Crippen molar-refractivity contribution in [2.45, 2.75) is 148 Å². The Morgan fingerprint density at radius 2 is 1.06 bits per heavy atom. The highest BCUT2D eigenvalue weighted by Gasteiger charge is 2.55. The van der Waals surface area contributed by atoms with Gasteiger partial charge in [0.2, 0.25) is 0 Å². The summed E-state index contributed by atoms with van der Waals surface area (Å²) in [5, 5.41) is 95.0. The van der Waals surface area contributed by atoms with Crippen LogP contribution in [0.15, 0.2) is 91.0 Å². The zero-order chi connectivity index (χ0) is 55.3. The molecular weight excluding hydrogens is 1020 g/mol. The van der Waals surface area contributed by atoms with Crippen LogP contribution in [0.25, 0.3) is 0 Å². The van der Waals surface area contributed by atoms with E-state index in [9.17, 15) is 60.0 Å². The Morgan fingerprint density at radius 3 is 1.64 bits per heavy atom. The Hall–Kier alpha value is -5.54. The van der Waals surface area contributed by atoms with E-state index in [1.807, 2.05) is 0 Å². The molecule has 27 nitrogen and oxygen atoms in total. The van der Waals surface area contributed by atoms with Gasteiger partial charge in [0.05, 0.1) is 36.9 Å². The molecule has 424 valence electrons. The van der Waals surface area contributed by atoms with E-state index in [0.29, 0.717) is 11.1 Å². The van der Waals surface area contributed by atoms with Crippen LogP contribution >= 0.6 is 0 Å². The van der Waals surface area contributed by atoms with Crippen molar-refractivity contribution in [3.63, 3.8) is 0 Å². The van der Waals surface area contributed by atoms with E-state index in [-0.39, 0.29) is 38.2 Å². The maximum atomic E-state index is 14.2. The first-order valence-electron chi connectivity index (χ1n) is 24.9. The molecule has 3 heterocycles. The van der Waals surface area contributed by atoms with Crippen LogP contribution in [0.2, 0.25) is 0 Å². The van der Waals surface area contributed by atoms with E-state index in [1.165, 1.54) is 12.1 Å². The van der Waals surface area contributed by atoms with E-state index in [0.717, 1.165) is 0 Å². The van der Waals surface area contributed by atoms with Crippen molar-refractivity contribution < 1.29 is 103 Å². The third kappa shape index (κ3) is 15.2. The lowest BCUT2D eigenvalue weighted by molar-refractivity contribution is -0.311. The van der Waals surface area contributed by atoms with Crippen molar-refractivity contribution in [3.8, 4) is 0 Å². The molecule has 7 rings (SSSR count). The summed E-state index contributed by atoms with van der Waals surface area (Å²) < 4.78 is 52.0. The van der Waals surface area contributed by atoms with Gasteiger partial charge in [-0.15, -0.1) is 0 Å². The van der Waals surface area contributed by atoms with Gasteiger partial charge in [-0.3, -0.25) is 4.79 Å². The second kappa shape index (κ2) is 27.9. The fourth-order valence-corrected chi connectivity index (χ4v) is 9.11. The maximum Gasteiger partial charge on any atom is 0.407 e. The molecule has 1 saturated carbocycles. The molecule has 0 unspecified atom stereocenters. The number of esters is 1.